The summed E-state index contributed by atoms with van der Waals surface area (Å²) >= 11 is 0. The topological polar surface area (TPSA) is 26.7 Å². The third-order valence-electron chi connectivity index (χ3n) is 4.18. The number of hydrogen-bond acceptors (Lipinski definition) is 3. The molecule has 1 aliphatic heterocycles. The van der Waals surface area contributed by atoms with Crippen molar-refractivity contribution >= 4 is 0 Å². The third-order valence-corrected chi connectivity index (χ3v) is 4.18. The van der Waals surface area contributed by atoms with Crippen molar-refractivity contribution in [2.75, 3.05) is 26.7 Å². The molecular weight excluding hydrogens is 236 g/mol. The Morgan fingerprint density at radius 2 is 1.95 bits per heavy atom. The zero-order chi connectivity index (χ0) is 13.8. The highest BCUT2D eigenvalue weighted by atomic mass is 16.3. The van der Waals surface area contributed by atoms with E-state index in [-0.39, 0.29) is 12.6 Å². The second kappa shape index (κ2) is 6.51. The Balaban J connectivity index is 2.12. The molecule has 106 valence electrons. The van der Waals surface area contributed by atoms with E-state index in [1.54, 1.807) is 0 Å². The molecule has 1 heterocycles. The van der Waals surface area contributed by atoms with Gasteiger partial charge in [-0.05, 0) is 39.4 Å². The first-order chi connectivity index (χ1) is 9.10. The minimum absolute atomic E-state index is 0.237. The Kier molecular flexibility index (Phi) is 4.97. The van der Waals surface area contributed by atoms with Crippen LogP contribution in [0, 0.1) is 6.92 Å². The van der Waals surface area contributed by atoms with Gasteiger partial charge in [-0.2, -0.15) is 0 Å². The van der Waals surface area contributed by atoms with Crippen molar-refractivity contribution in [3.63, 3.8) is 0 Å². The Morgan fingerprint density at radius 1 is 1.26 bits per heavy atom. The van der Waals surface area contributed by atoms with E-state index in [4.69, 9.17) is 0 Å². The van der Waals surface area contributed by atoms with Crippen molar-refractivity contribution in [3.8, 4) is 0 Å². The third kappa shape index (κ3) is 3.78. The second-order valence-corrected chi connectivity index (χ2v) is 5.89. The minimum atomic E-state index is 0.237. The van der Waals surface area contributed by atoms with Gasteiger partial charge in [0.25, 0.3) is 0 Å². The van der Waals surface area contributed by atoms with Crippen molar-refractivity contribution in [3.05, 3.63) is 35.4 Å². The van der Waals surface area contributed by atoms with Crippen molar-refractivity contribution in [2.45, 2.75) is 38.9 Å². The lowest BCUT2D eigenvalue weighted by molar-refractivity contribution is 0.0828. The molecule has 0 radical (unpaired) electrons. The van der Waals surface area contributed by atoms with Crippen LogP contribution in [0.25, 0.3) is 0 Å². The summed E-state index contributed by atoms with van der Waals surface area (Å²) in [6.45, 7) is 7.62. The first-order valence-electron chi connectivity index (χ1n) is 7.21. The maximum atomic E-state index is 9.68. The first-order valence-corrected chi connectivity index (χ1v) is 7.21. The summed E-state index contributed by atoms with van der Waals surface area (Å²) in [6.07, 6.45) is 1.17. The summed E-state index contributed by atoms with van der Waals surface area (Å²) < 4.78 is 0. The van der Waals surface area contributed by atoms with E-state index in [0.29, 0.717) is 6.04 Å². The smallest absolute Gasteiger partial charge is 0.0599 e. The molecule has 0 aliphatic carbocycles. The van der Waals surface area contributed by atoms with Gasteiger partial charge in [-0.1, -0.05) is 29.8 Å². The monoisotopic (exact) mass is 262 g/mol. The lowest BCUT2D eigenvalue weighted by atomic mass is 10.1. The molecule has 0 amide bonds. The van der Waals surface area contributed by atoms with Gasteiger partial charge in [0.15, 0.2) is 0 Å². The highest BCUT2D eigenvalue weighted by Gasteiger charge is 2.27. The summed E-state index contributed by atoms with van der Waals surface area (Å²) in [4.78, 5) is 4.78. The van der Waals surface area contributed by atoms with E-state index in [0.717, 1.165) is 19.6 Å². The molecule has 0 saturated carbocycles. The van der Waals surface area contributed by atoms with Crippen LogP contribution in [0.4, 0.5) is 0 Å². The van der Waals surface area contributed by atoms with Gasteiger partial charge in [-0.3, -0.25) is 4.90 Å². The van der Waals surface area contributed by atoms with Gasteiger partial charge in [0.1, 0.15) is 0 Å². The summed E-state index contributed by atoms with van der Waals surface area (Å²) in [5.74, 6) is 0. The molecule has 19 heavy (non-hydrogen) atoms. The minimum Gasteiger partial charge on any atom is -0.395 e. The van der Waals surface area contributed by atoms with Crippen LogP contribution in [0.2, 0.25) is 0 Å². The van der Waals surface area contributed by atoms with Crippen LogP contribution in [0.3, 0.4) is 0 Å². The Morgan fingerprint density at radius 3 is 2.58 bits per heavy atom. The number of aliphatic hydroxyl groups is 1. The Hall–Kier alpha value is -0.900. The highest BCUT2D eigenvalue weighted by Crippen LogP contribution is 2.19. The van der Waals surface area contributed by atoms with Crippen molar-refractivity contribution in [1.29, 1.82) is 0 Å². The molecule has 2 unspecified atom stereocenters. The number of likely N-dealkylation sites (N-methyl/N-ethyl adjacent to an activating group) is 1. The van der Waals surface area contributed by atoms with E-state index in [1.807, 2.05) is 0 Å². The molecular formula is C16H26N2O. The fourth-order valence-corrected chi connectivity index (χ4v) is 2.84. The van der Waals surface area contributed by atoms with E-state index in [1.165, 1.54) is 17.5 Å². The van der Waals surface area contributed by atoms with E-state index >= 15 is 0 Å². The first kappa shape index (κ1) is 14.5. The zero-order valence-electron chi connectivity index (χ0n) is 12.3. The number of hydrogen-bond donors (Lipinski definition) is 1. The summed E-state index contributed by atoms with van der Waals surface area (Å²) in [5, 5.41) is 9.68. The maximum Gasteiger partial charge on any atom is 0.0599 e. The van der Waals surface area contributed by atoms with Crippen LogP contribution in [0.15, 0.2) is 24.3 Å². The number of aliphatic hydroxyl groups excluding tert-OH is 1. The van der Waals surface area contributed by atoms with Crippen molar-refractivity contribution < 1.29 is 5.11 Å². The largest absolute Gasteiger partial charge is 0.395 e. The summed E-state index contributed by atoms with van der Waals surface area (Å²) in [5.41, 5.74) is 2.63. The molecule has 1 N–H and O–H groups in total. The summed E-state index contributed by atoms with van der Waals surface area (Å²) in [6, 6.07) is 9.48. The van der Waals surface area contributed by atoms with Gasteiger partial charge in [-0.25, -0.2) is 0 Å². The van der Waals surface area contributed by atoms with Crippen LogP contribution < -0.4 is 0 Å². The molecule has 1 saturated heterocycles. The molecule has 2 rings (SSSR count). The number of nitrogens with zero attached hydrogens (tertiary/aromatic N) is 2. The van der Waals surface area contributed by atoms with Gasteiger partial charge in [-0.15, -0.1) is 0 Å². The molecule has 3 nitrogen and oxygen atoms in total. The molecule has 2 atom stereocenters. The fraction of sp³-hybridized carbons (Fsp3) is 0.625. The normalized spacial score (nSPS) is 26.3. The number of rotatable bonds is 3. The average molecular weight is 262 g/mol. The van der Waals surface area contributed by atoms with Gasteiger partial charge in [0.2, 0.25) is 0 Å². The SMILES string of the molecule is Cc1ccc(CN2C(C)CCN(C)CC2CO)cc1. The maximum absolute atomic E-state index is 9.68. The number of benzene rings is 1. The fourth-order valence-electron chi connectivity index (χ4n) is 2.84. The molecule has 0 bridgehead atoms. The molecule has 1 fully saturated rings. The quantitative estimate of drug-likeness (QED) is 0.901. The molecule has 1 aliphatic rings. The zero-order valence-corrected chi connectivity index (χ0v) is 12.3. The highest BCUT2D eigenvalue weighted by molar-refractivity contribution is 5.21. The molecule has 0 aromatic heterocycles. The average Bonchev–Trinajstić information content (AvgIpc) is 2.54. The van der Waals surface area contributed by atoms with Gasteiger partial charge >= 0.3 is 0 Å². The van der Waals surface area contributed by atoms with Crippen LogP contribution in [0.1, 0.15) is 24.5 Å². The predicted molar refractivity (Wildman–Crippen MR) is 79.2 cm³/mol. The number of aryl methyl sites for hydroxylation is 1. The Labute approximate surface area is 116 Å². The van der Waals surface area contributed by atoms with Gasteiger partial charge < -0.3 is 10.0 Å². The molecule has 0 spiro atoms. The second-order valence-electron chi connectivity index (χ2n) is 5.89. The van der Waals surface area contributed by atoms with Crippen molar-refractivity contribution in [2.24, 2.45) is 0 Å². The lowest BCUT2D eigenvalue weighted by Crippen LogP contribution is -2.45. The molecule has 3 heteroatoms. The van der Waals surface area contributed by atoms with Crippen LogP contribution in [-0.2, 0) is 6.54 Å². The standard InChI is InChI=1S/C16H26N2O/c1-13-4-6-15(7-5-13)10-18-14(2)8-9-17(3)11-16(18)12-19/h4-7,14,16,19H,8-12H2,1-3H3. The van der Waals surface area contributed by atoms with E-state index in [9.17, 15) is 5.11 Å². The molecule has 1 aromatic carbocycles. The lowest BCUT2D eigenvalue weighted by Gasteiger charge is -2.33. The van der Waals surface area contributed by atoms with Crippen molar-refractivity contribution in [1.82, 2.24) is 9.80 Å². The van der Waals surface area contributed by atoms with Crippen LogP contribution in [-0.4, -0.2) is 53.7 Å². The van der Waals surface area contributed by atoms with E-state index < -0.39 is 0 Å². The van der Waals surface area contributed by atoms with Gasteiger partial charge in [0, 0.05) is 25.2 Å². The summed E-state index contributed by atoms with van der Waals surface area (Å²) in [7, 11) is 2.14. The van der Waals surface area contributed by atoms with E-state index in [2.05, 4.69) is 55.0 Å². The van der Waals surface area contributed by atoms with Crippen LogP contribution >= 0.6 is 0 Å². The van der Waals surface area contributed by atoms with Gasteiger partial charge in [0.05, 0.1) is 6.61 Å². The Bertz CT molecular complexity index is 390. The van der Waals surface area contributed by atoms with Crippen LogP contribution in [0.5, 0.6) is 0 Å². The predicted octanol–water partition coefficient (Wildman–Crippen LogP) is 1.88. The molecule has 1 aromatic rings.